The summed E-state index contributed by atoms with van der Waals surface area (Å²) in [5.74, 6) is 0.713. The van der Waals surface area contributed by atoms with Gasteiger partial charge in [0.05, 0.1) is 13.1 Å². The van der Waals surface area contributed by atoms with Crippen molar-refractivity contribution in [2.45, 2.75) is 19.9 Å². The zero-order valence-corrected chi connectivity index (χ0v) is 11.8. The predicted octanol–water partition coefficient (Wildman–Crippen LogP) is 1.05. The Bertz CT molecular complexity index is 473. The van der Waals surface area contributed by atoms with Crippen LogP contribution in [0.4, 0.5) is 0 Å². The summed E-state index contributed by atoms with van der Waals surface area (Å²) < 4.78 is 5.56. The number of rotatable bonds is 5. The molecule has 1 saturated heterocycles. The molecule has 1 unspecified atom stereocenters. The van der Waals surface area contributed by atoms with Gasteiger partial charge in [0.15, 0.2) is 0 Å². The van der Waals surface area contributed by atoms with Crippen LogP contribution < -0.4 is 10.1 Å². The lowest BCUT2D eigenvalue weighted by Gasteiger charge is -2.34. The molecule has 1 fully saturated rings. The maximum atomic E-state index is 12.2. The van der Waals surface area contributed by atoms with Crippen LogP contribution in [-0.4, -0.2) is 42.5 Å². The van der Waals surface area contributed by atoms with Gasteiger partial charge in [0, 0.05) is 0 Å². The van der Waals surface area contributed by atoms with E-state index in [-0.39, 0.29) is 24.3 Å². The average molecular weight is 276 g/mol. The molecular weight excluding hydrogens is 256 g/mol. The molecule has 0 radical (unpaired) electrons. The first kappa shape index (κ1) is 14.4. The minimum absolute atomic E-state index is 0.0312. The monoisotopic (exact) mass is 276 g/mol. The summed E-state index contributed by atoms with van der Waals surface area (Å²) in [5, 5.41) is 2.73. The van der Waals surface area contributed by atoms with E-state index in [0.29, 0.717) is 13.2 Å². The Labute approximate surface area is 118 Å². The van der Waals surface area contributed by atoms with Crippen LogP contribution in [0, 0.1) is 5.92 Å². The summed E-state index contributed by atoms with van der Waals surface area (Å²) in [6.07, 6.45) is 0. The Morgan fingerprint density at radius 3 is 2.65 bits per heavy atom. The first-order valence-electron chi connectivity index (χ1n) is 6.84. The third-order valence-electron chi connectivity index (χ3n) is 3.27. The number of benzene rings is 1. The van der Waals surface area contributed by atoms with E-state index in [2.05, 4.69) is 5.32 Å². The van der Waals surface area contributed by atoms with Crippen LogP contribution >= 0.6 is 0 Å². The topological polar surface area (TPSA) is 58.6 Å². The highest BCUT2D eigenvalue weighted by Crippen LogP contribution is 2.12. The van der Waals surface area contributed by atoms with Gasteiger partial charge in [0.2, 0.25) is 11.8 Å². The summed E-state index contributed by atoms with van der Waals surface area (Å²) in [6, 6.07) is 9.00. The molecule has 1 aromatic rings. The fourth-order valence-corrected chi connectivity index (χ4v) is 2.16. The molecule has 0 bridgehead atoms. The molecule has 2 amide bonds. The smallest absolute Gasteiger partial charge is 0.246 e. The summed E-state index contributed by atoms with van der Waals surface area (Å²) in [4.78, 5) is 25.4. The summed E-state index contributed by atoms with van der Waals surface area (Å²) in [7, 11) is 0. The zero-order chi connectivity index (χ0) is 14.5. The predicted molar refractivity (Wildman–Crippen MR) is 75.3 cm³/mol. The lowest BCUT2D eigenvalue weighted by molar-refractivity contribution is -0.145. The lowest BCUT2D eigenvalue weighted by atomic mass is 10.0. The molecule has 0 aromatic heterocycles. The van der Waals surface area contributed by atoms with Gasteiger partial charge in [-0.1, -0.05) is 32.0 Å². The first-order valence-corrected chi connectivity index (χ1v) is 6.84. The summed E-state index contributed by atoms with van der Waals surface area (Å²) >= 11 is 0. The normalized spacial score (nSPS) is 19.1. The highest BCUT2D eigenvalue weighted by atomic mass is 16.5. The van der Waals surface area contributed by atoms with Crippen molar-refractivity contribution in [3.8, 4) is 5.75 Å². The molecule has 0 spiro atoms. The van der Waals surface area contributed by atoms with E-state index in [0.717, 1.165) is 5.75 Å². The number of hydrogen-bond acceptors (Lipinski definition) is 3. The van der Waals surface area contributed by atoms with Crippen molar-refractivity contribution in [1.29, 1.82) is 0 Å². The lowest BCUT2D eigenvalue weighted by Crippen LogP contribution is -2.60. The van der Waals surface area contributed by atoms with Crippen LogP contribution in [0.1, 0.15) is 13.8 Å². The van der Waals surface area contributed by atoms with Crippen molar-refractivity contribution in [3.63, 3.8) is 0 Å². The Balaban J connectivity index is 1.88. The van der Waals surface area contributed by atoms with Gasteiger partial charge >= 0.3 is 0 Å². The number of hydrogen-bond donors (Lipinski definition) is 1. The fraction of sp³-hybridized carbons (Fsp3) is 0.467. The van der Waals surface area contributed by atoms with Crippen molar-refractivity contribution >= 4 is 11.8 Å². The van der Waals surface area contributed by atoms with Crippen molar-refractivity contribution < 1.29 is 14.3 Å². The van der Waals surface area contributed by atoms with E-state index >= 15 is 0 Å². The third kappa shape index (κ3) is 3.50. The van der Waals surface area contributed by atoms with Gasteiger partial charge in [0.1, 0.15) is 18.4 Å². The zero-order valence-electron chi connectivity index (χ0n) is 11.8. The number of amides is 2. The fourth-order valence-electron chi connectivity index (χ4n) is 2.16. The number of para-hydroxylation sites is 1. The molecule has 20 heavy (non-hydrogen) atoms. The standard InChI is InChI=1S/C15H20N2O3/c1-11(2)14-15(19)17(10-13(18)16-14)8-9-20-12-6-4-3-5-7-12/h3-7,11,14H,8-10H2,1-2H3,(H,16,18). The molecule has 0 aliphatic carbocycles. The number of ether oxygens (including phenoxy) is 1. The highest BCUT2D eigenvalue weighted by molar-refractivity contribution is 5.94. The molecular formula is C15H20N2O3. The molecule has 1 aliphatic heterocycles. The Morgan fingerprint density at radius 1 is 1.30 bits per heavy atom. The van der Waals surface area contributed by atoms with Crippen molar-refractivity contribution in [1.82, 2.24) is 10.2 Å². The van der Waals surface area contributed by atoms with Crippen LogP contribution in [-0.2, 0) is 9.59 Å². The molecule has 1 aromatic carbocycles. The van der Waals surface area contributed by atoms with Crippen molar-refractivity contribution in [3.05, 3.63) is 30.3 Å². The molecule has 5 heteroatoms. The van der Waals surface area contributed by atoms with Gasteiger partial charge in [-0.3, -0.25) is 9.59 Å². The molecule has 2 rings (SSSR count). The van der Waals surface area contributed by atoms with Gasteiger partial charge in [0.25, 0.3) is 0 Å². The van der Waals surface area contributed by atoms with Gasteiger partial charge < -0.3 is 15.0 Å². The van der Waals surface area contributed by atoms with Crippen LogP contribution in [0.25, 0.3) is 0 Å². The van der Waals surface area contributed by atoms with Gasteiger partial charge in [-0.05, 0) is 18.1 Å². The molecule has 1 atom stereocenters. The molecule has 1 aliphatic rings. The Hall–Kier alpha value is -2.04. The number of carbonyl (C=O) groups excluding carboxylic acids is 2. The molecule has 0 saturated carbocycles. The summed E-state index contributed by atoms with van der Waals surface area (Å²) in [5.41, 5.74) is 0. The van der Waals surface area contributed by atoms with E-state index in [1.165, 1.54) is 0 Å². The Morgan fingerprint density at radius 2 is 2.00 bits per heavy atom. The largest absolute Gasteiger partial charge is 0.492 e. The third-order valence-corrected chi connectivity index (χ3v) is 3.27. The van der Waals surface area contributed by atoms with Gasteiger partial charge in [-0.25, -0.2) is 0 Å². The van der Waals surface area contributed by atoms with Gasteiger partial charge in [-0.15, -0.1) is 0 Å². The average Bonchev–Trinajstić information content (AvgIpc) is 2.43. The molecule has 5 nitrogen and oxygen atoms in total. The van der Waals surface area contributed by atoms with Crippen LogP contribution in [0.2, 0.25) is 0 Å². The minimum Gasteiger partial charge on any atom is -0.492 e. The van der Waals surface area contributed by atoms with E-state index < -0.39 is 6.04 Å². The highest BCUT2D eigenvalue weighted by Gasteiger charge is 2.34. The van der Waals surface area contributed by atoms with Crippen molar-refractivity contribution in [2.75, 3.05) is 19.7 Å². The minimum atomic E-state index is -0.423. The van der Waals surface area contributed by atoms with Crippen LogP contribution in [0.15, 0.2) is 30.3 Å². The van der Waals surface area contributed by atoms with Crippen LogP contribution in [0.5, 0.6) is 5.75 Å². The first-order chi connectivity index (χ1) is 9.58. The number of nitrogens with zero attached hydrogens (tertiary/aromatic N) is 1. The quantitative estimate of drug-likeness (QED) is 0.874. The van der Waals surface area contributed by atoms with E-state index in [9.17, 15) is 9.59 Å². The van der Waals surface area contributed by atoms with E-state index in [1.54, 1.807) is 4.90 Å². The maximum Gasteiger partial charge on any atom is 0.246 e. The second-order valence-electron chi connectivity index (χ2n) is 5.21. The van der Waals surface area contributed by atoms with E-state index in [1.807, 2.05) is 44.2 Å². The summed E-state index contributed by atoms with van der Waals surface area (Å²) in [6.45, 7) is 4.76. The number of piperazine rings is 1. The molecule has 1 heterocycles. The maximum absolute atomic E-state index is 12.2. The number of carbonyl (C=O) groups is 2. The second kappa shape index (κ2) is 6.41. The van der Waals surface area contributed by atoms with Crippen molar-refractivity contribution in [2.24, 2.45) is 5.92 Å². The number of nitrogens with one attached hydrogen (secondary N) is 1. The second-order valence-corrected chi connectivity index (χ2v) is 5.21. The van der Waals surface area contributed by atoms with E-state index in [4.69, 9.17) is 4.74 Å². The van der Waals surface area contributed by atoms with Crippen LogP contribution in [0.3, 0.4) is 0 Å². The molecule has 108 valence electrons. The van der Waals surface area contributed by atoms with Gasteiger partial charge in [-0.2, -0.15) is 0 Å². The molecule has 1 N–H and O–H groups in total. The SMILES string of the molecule is CC(C)C1NC(=O)CN(CCOc2ccccc2)C1=O. The Kier molecular flexibility index (Phi) is 4.61.